The molecule has 1 N–H and O–H groups in total. The summed E-state index contributed by atoms with van der Waals surface area (Å²) >= 11 is 12.1. The second-order valence-corrected chi connectivity index (χ2v) is 12.7. The predicted molar refractivity (Wildman–Crippen MR) is 164 cm³/mol. The number of aryl methyl sites for hydroxylation is 1. The Bertz CT molecular complexity index is 1420. The third-order valence-electron chi connectivity index (χ3n) is 9.33. The van der Waals surface area contributed by atoms with Gasteiger partial charge in [-0.15, -0.1) is 0 Å². The smallest absolute Gasteiger partial charge is 0.226 e. The molecule has 1 aliphatic heterocycles. The highest BCUT2D eigenvalue weighted by atomic mass is 35.5. The molecule has 8 heteroatoms. The molecule has 3 fully saturated rings. The van der Waals surface area contributed by atoms with E-state index >= 15 is 0 Å². The highest BCUT2D eigenvalue weighted by molar-refractivity contribution is 6.37. The maximum absolute atomic E-state index is 14.0. The number of nitrogens with zero attached hydrogens (tertiary/aromatic N) is 1. The van der Waals surface area contributed by atoms with Gasteiger partial charge in [-0.25, -0.2) is 4.39 Å². The molecule has 3 aromatic rings. The summed E-state index contributed by atoms with van der Waals surface area (Å²) in [7, 11) is 0. The Morgan fingerprint density at radius 1 is 0.952 bits per heavy atom. The second-order valence-electron chi connectivity index (χ2n) is 11.9. The molecule has 0 aromatic heterocycles. The van der Waals surface area contributed by atoms with Crippen molar-refractivity contribution in [3.63, 3.8) is 0 Å². The van der Waals surface area contributed by atoms with Gasteiger partial charge < -0.3 is 19.7 Å². The van der Waals surface area contributed by atoms with Crippen molar-refractivity contribution < 1.29 is 18.7 Å². The van der Waals surface area contributed by atoms with Gasteiger partial charge in [0.25, 0.3) is 0 Å². The Morgan fingerprint density at radius 2 is 1.67 bits per heavy atom. The van der Waals surface area contributed by atoms with Crippen molar-refractivity contribution in [3.8, 4) is 11.5 Å². The van der Waals surface area contributed by atoms with Gasteiger partial charge in [-0.05, 0) is 104 Å². The van der Waals surface area contributed by atoms with E-state index in [0.717, 1.165) is 44.5 Å². The van der Waals surface area contributed by atoms with E-state index in [0.29, 0.717) is 30.4 Å². The van der Waals surface area contributed by atoms with E-state index in [2.05, 4.69) is 54.4 Å². The lowest BCUT2D eigenvalue weighted by Gasteiger charge is -2.29. The lowest BCUT2D eigenvalue weighted by Crippen LogP contribution is -2.40. The molecule has 1 amide bonds. The number of benzene rings is 3. The Hall–Kier alpha value is -2.80. The third kappa shape index (κ3) is 6.13. The van der Waals surface area contributed by atoms with Crippen LogP contribution < -0.4 is 14.8 Å². The van der Waals surface area contributed by atoms with Crippen LogP contribution >= 0.6 is 23.2 Å². The van der Waals surface area contributed by atoms with Crippen LogP contribution in [0.4, 0.5) is 4.39 Å². The number of hydrogen-bond acceptors (Lipinski definition) is 4. The molecule has 222 valence electrons. The number of halogens is 3. The van der Waals surface area contributed by atoms with E-state index < -0.39 is 5.82 Å². The van der Waals surface area contributed by atoms with Gasteiger partial charge in [0, 0.05) is 24.5 Å². The van der Waals surface area contributed by atoms with Crippen molar-refractivity contribution in [1.29, 1.82) is 0 Å². The molecule has 0 radical (unpaired) electrons. The van der Waals surface area contributed by atoms with Crippen LogP contribution in [-0.2, 0) is 11.3 Å². The van der Waals surface area contributed by atoms with Crippen LogP contribution in [0.1, 0.15) is 54.0 Å². The maximum Gasteiger partial charge on any atom is 0.226 e. The first-order valence-corrected chi connectivity index (χ1v) is 15.6. The molecular weight excluding hydrogens is 574 g/mol. The topological polar surface area (TPSA) is 50.8 Å². The van der Waals surface area contributed by atoms with Crippen LogP contribution in [-0.4, -0.2) is 36.6 Å². The average molecular weight is 612 g/mol. The summed E-state index contributed by atoms with van der Waals surface area (Å²) in [6, 6.07) is 17.5. The van der Waals surface area contributed by atoms with Gasteiger partial charge in [-0.1, -0.05) is 53.5 Å². The summed E-state index contributed by atoms with van der Waals surface area (Å²) in [5.74, 6) is 1.72. The van der Waals surface area contributed by atoms with Gasteiger partial charge in [-0.2, -0.15) is 0 Å². The summed E-state index contributed by atoms with van der Waals surface area (Å²) in [4.78, 5) is 16.2. The van der Waals surface area contributed by atoms with E-state index in [1.807, 2.05) is 12.1 Å². The molecule has 4 atom stereocenters. The SMILES string of the molecule is Cc1cccc(CN(C(=O)C2CCC3C(c4ccc(OCCOc5c(Cl)cc(F)cc5Cl)cc4)NCC23)C2CC2)c1C. The molecule has 6 rings (SSSR count). The number of ether oxygens (including phenoxy) is 2. The minimum atomic E-state index is -0.509. The van der Waals surface area contributed by atoms with Gasteiger partial charge in [0.05, 0.1) is 10.0 Å². The van der Waals surface area contributed by atoms with Gasteiger partial charge in [0.2, 0.25) is 5.91 Å². The summed E-state index contributed by atoms with van der Waals surface area (Å²) in [6.07, 6.45) is 4.26. The molecule has 42 heavy (non-hydrogen) atoms. The summed E-state index contributed by atoms with van der Waals surface area (Å²) in [6.45, 7) is 6.41. The Balaban J connectivity index is 1.04. The largest absolute Gasteiger partial charge is 0.490 e. The van der Waals surface area contributed by atoms with Gasteiger partial charge in [0.15, 0.2) is 5.75 Å². The summed E-state index contributed by atoms with van der Waals surface area (Å²) < 4.78 is 24.8. The van der Waals surface area contributed by atoms with Crippen LogP contribution in [0.5, 0.6) is 11.5 Å². The monoisotopic (exact) mass is 610 g/mol. The highest BCUT2D eigenvalue weighted by Crippen LogP contribution is 2.49. The third-order valence-corrected chi connectivity index (χ3v) is 9.89. The molecular formula is C34H37Cl2FN2O3. The zero-order valence-corrected chi connectivity index (χ0v) is 25.6. The number of rotatable bonds is 10. The molecule has 5 nitrogen and oxygen atoms in total. The summed E-state index contributed by atoms with van der Waals surface area (Å²) in [5, 5.41) is 3.99. The summed E-state index contributed by atoms with van der Waals surface area (Å²) in [5.41, 5.74) is 5.07. The zero-order chi connectivity index (χ0) is 29.4. The number of hydrogen-bond donors (Lipinski definition) is 1. The van der Waals surface area contributed by atoms with Crippen LogP contribution in [0.25, 0.3) is 0 Å². The Morgan fingerprint density at radius 3 is 2.38 bits per heavy atom. The first-order chi connectivity index (χ1) is 20.3. The number of carbonyl (C=O) groups excluding carboxylic acids is 1. The molecule has 3 aliphatic rings. The van der Waals surface area contributed by atoms with E-state index in [9.17, 15) is 9.18 Å². The van der Waals surface area contributed by atoms with Crippen molar-refractivity contribution in [2.75, 3.05) is 19.8 Å². The highest BCUT2D eigenvalue weighted by Gasteiger charge is 2.50. The quantitative estimate of drug-likeness (QED) is 0.239. The maximum atomic E-state index is 14.0. The predicted octanol–water partition coefficient (Wildman–Crippen LogP) is 7.69. The van der Waals surface area contributed by atoms with Crippen LogP contribution in [0.3, 0.4) is 0 Å². The van der Waals surface area contributed by atoms with Crippen LogP contribution in [0.2, 0.25) is 10.0 Å². The first kappa shape index (κ1) is 29.3. The number of carbonyl (C=O) groups is 1. The van der Waals surface area contributed by atoms with Crippen LogP contribution in [0, 0.1) is 37.4 Å². The first-order valence-electron chi connectivity index (χ1n) is 14.9. The van der Waals surface area contributed by atoms with Gasteiger partial charge in [0.1, 0.15) is 24.8 Å². The fraction of sp³-hybridized carbons (Fsp3) is 0.441. The molecule has 0 bridgehead atoms. The minimum absolute atomic E-state index is 0.0870. The van der Waals surface area contributed by atoms with E-state index in [1.165, 1.54) is 34.4 Å². The average Bonchev–Trinajstić information content (AvgIpc) is 3.58. The molecule has 2 aliphatic carbocycles. The van der Waals surface area contributed by atoms with Gasteiger partial charge >= 0.3 is 0 Å². The normalized spacial score (nSPS) is 23.1. The molecule has 1 saturated heterocycles. The molecule has 4 unspecified atom stereocenters. The number of fused-ring (bicyclic) bond motifs is 1. The van der Waals surface area contributed by atoms with Gasteiger partial charge in [-0.3, -0.25) is 4.79 Å². The van der Waals surface area contributed by atoms with Crippen molar-refractivity contribution in [3.05, 3.63) is 92.7 Å². The Labute approximate surface area is 257 Å². The standard InChI is InChI=1S/C34H37Cl2FN2O3/c1-20-4-3-5-23(21(20)2)19-39(25-8-9-25)34(40)28-13-12-27-29(28)18-38-32(27)22-6-10-26(11-7-22)41-14-15-42-33-30(35)16-24(37)17-31(33)36/h3-7,10-11,16-17,25,27-29,32,38H,8-9,12-15,18-19H2,1-2H3. The lowest BCUT2D eigenvalue weighted by molar-refractivity contribution is -0.138. The zero-order valence-electron chi connectivity index (χ0n) is 24.0. The van der Waals surface area contributed by atoms with Crippen molar-refractivity contribution in [2.24, 2.45) is 17.8 Å². The molecule has 2 saturated carbocycles. The van der Waals surface area contributed by atoms with E-state index in [4.69, 9.17) is 32.7 Å². The lowest BCUT2D eigenvalue weighted by atomic mass is 9.86. The van der Waals surface area contributed by atoms with E-state index in [1.54, 1.807) is 0 Å². The van der Waals surface area contributed by atoms with E-state index in [-0.39, 0.29) is 34.4 Å². The minimum Gasteiger partial charge on any atom is -0.490 e. The fourth-order valence-corrected chi connectivity index (χ4v) is 7.36. The molecule has 3 aromatic carbocycles. The van der Waals surface area contributed by atoms with Crippen LogP contribution in [0.15, 0.2) is 54.6 Å². The Kier molecular flexibility index (Phi) is 8.67. The number of nitrogens with one attached hydrogen (secondary N) is 1. The molecule has 1 heterocycles. The second kappa shape index (κ2) is 12.4. The fourth-order valence-electron chi connectivity index (χ4n) is 6.79. The van der Waals surface area contributed by atoms with Crippen molar-refractivity contribution >= 4 is 29.1 Å². The number of amides is 1. The van der Waals surface area contributed by atoms with Crippen molar-refractivity contribution in [1.82, 2.24) is 10.2 Å². The molecule has 0 spiro atoms. The van der Waals surface area contributed by atoms with Crippen molar-refractivity contribution in [2.45, 2.75) is 58.2 Å².